The zero-order valence-corrected chi connectivity index (χ0v) is 13.7. The zero-order valence-electron chi connectivity index (χ0n) is 13.7. The number of carbonyl (C=O) groups is 1. The predicted octanol–water partition coefficient (Wildman–Crippen LogP) is 4.38. The summed E-state index contributed by atoms with van der Waals surface area (Å²) >= 11 is 0. The fourth-order valence-corrected chi connectivity index (χ4v) is 3.73. The molecule has 0 heterocycles. The van der Waals surface area contributed by atoms with Gasteiger partial charge in [0.15, 0.2) is 0 Å². The normalized spacial score (nSPS) is 20.6. The van der Waals surface area contributed by atoms with Gasteiger partial charge in [0.25, 0.3) is 0 Å². The average Bonchev–Trinajstić information content (AvgIpc) is 2.91. The molecule has 120 valence electrons. The van der Waals surface area contributed by atoms with Crippen molar-refractivity contribution >= 4 is 5.97 Å². The van der Waals surface area contributed by atoms with Crippen molar-refractivity contribution in [3.05, 3.63) is 28.8 Å². The fourth-order valence-electron chi connectivity index (χ4n) is 3.73. The van der Waals surface area contributed by atoms with Crippen LogP contribution in [0.1, 0.15) is 61.6 Å². The second-order valence-corrected chi connectivity index (χ2v) is 7.13. The van der Waals surface area contributed by atoms with E-state index in [1.165, 1.54) is 24.8 Å². The minimum atomic E-state index is -0.743. The summed E-state index contributed by atoms with van der Waals surface area (Å²) in [5, 5.41) is 9.88. The smallest absolute Gasteiger partial charge is 0.314 e. The van der Waals surface area contributed by atoms with E-state index in [-0.39, 0.29) is 0 Å². The maximum absolute atomic E-state index is 12.0. The van der Waals surface area contributed by atoms with Gasteiger partial charge in [0.1, 0.15) is 5.75 Å². The SMILES string of the molecule is Cc1cc(OCC2CCC2)c(C2(C(=O)O)CCCC2)cc1C. The quantitative estimate of drug-likeness (QED) is 0.878. The van der Waals surface area contributed by atoms with E-state index in [2.05, 4.69) is 19.9 Å². The fraction of sp³-hybridized carbons (Fsp3) is 0.632. The first kappa shape index (κ1) is 15.4. The third kappa shape index (κ3) is 2.62. The van der Waals surface area contributed by atoms with Crippen molar-refractivity contribution in [2.75, 3.05) is 6.61 Å². The first-order valence-corrected chi connectivity index (χ1v) is 8.51. The molecule has 0 spiro atoms. The summed E-state index contributed by atoms with van der Waals surface area (Å²) in [5.41, 5.74) is 2.48. The molecule has 0 bridgehead atoms. The number of carboxylic acids is 1. The summed E-state index contributed by atoms with van der Waals surface area (Å²) in [6, 6.07) is 4.11. The molecule has 1 aromatic carbocycles. The zero-order chi connectivity index (χ0) is 15.7. The molecule has 0 aliphatic heterocycles. The summed E-state index contributed by atoms with van der Waals surface area (Å²) in [7, 11) is 0. The molecule has 0 radical (unpaired) electrons. The summed E-state index contributed by atoms with van der Waals surface area (Å²) in [5.74, 6) is 0.764. The Bertz CT molecular complexity index is 566. The number of ether oxygens (including phenoxy) is 1. The van der Waals surface area contributed by atoms with Crippen LogP contribution in [0.15, 0.2) is 12.1 Å². The van der Waals surface area contributed by atoms with Crippen molar-refractivity contribution in [1.29, 1.82) is 0 Å². The van der Waals surface area contributed by atoms with Crippen LogP contribution in [0.4, 0.5) is 0 Å². The maximum atomic E-state index is 12.0. The van der Waals surface area contributed by atoms with Gasteiger partial charge >= 0.3 is 5.97 Å². The van der Waals surface area contributed by atoms with E-state index >= 15 is 0 Å². The monoisotopic (exact) mass is 302 g/mol. The summed E-state index contributed by atoms with van der Waals surface area (Å²) in [6.07, 6.45) is 7.21. The van der Waals surface area contributed by atoms with Crippen molar-refractivity contribution in [1.82, 2.24) is 0 Å². The van der Waals surface area contributed by atoms with Crippen molar-refractivity contribution in [3.8, 4) is 5.75 Å². The maximum Gasteiger partial charge on any atom is 0.314 e. The molecular weight excluding hydrogens is 276 g/mol. The van der Waals surface area contributed by atoms with Crippen LogP contribution in [0.2, 0.25) is 0 Å². The van der Waals surface area contributed by atoms with Crippen LogP contribution in [0.5, 0.6) is 5.75 Å². The lowest BCUT2D eigenvalue weighted by Gasteiger charge is -2.30. The van der Waals surface area contributed by atoms with Crippen LogP contribution < -0.4 is 4.74 Å². The highest BCUT2D eigenvalue weighted by atomic mass is 16.5. The standard InChI is InChI=1S/C19H26O3/c1-13-10-16(19(18(20)21)8-3-4-9-19)17(11-14(13)2)22-12-15-6-5-7-15/h10-11,15H,3-9,12H2,1-2H3,(H,20,21). The van der Waals surface area contributed by atoms with Crippen molar-refractivity contribution in [3.63, 3.8) is 0 Å². The van der Waals surface area contributed by atoms with Crippen LogP contribution in [0, 0.1) is 19.8 Å². The van der Waals surface area contributed by atoms with Gasteiger partial charge in [-0.05, 0) is 62.6 Å². The van der Waals surface area contributed by atoms with Gasteiger partial charge in [0.2, 0.25) is 0 Å². The van der Waals surface area contributed by atoms with E-state index in [4.69, 9.17) is 4.74 Å². The Kier molecular flexibility index (Phi) is 4.16. The van der Waals surface area contributed by atoms with Gasteiger partial charge in [0.05, 0.1) is 12.0 Å². The molecule has 2 aliphatic carbocycles. The lowest BCUT2D eigenvalue weighted by molar-refractivity contribution is -0.143. The molecule has 0 unspecified atom stereocenters. The van der Waals surface area contributed by atoms with E-state index in [1.54, 1.807) is 0 Å². The van der Waals surface area contributed by atoms with E-state index in [9.17, 15) is 9.90 Å². The molecule has 0 atom stereocenters. The number of benzene rings is 1. The van der Waals surface area contributed by atoms with Gasteiger partial charge in [-0.2, -0.15) is 0 Å². The Morgan fingerprint density at radius 2 is 1.82 bits per heavy atom. The second kappa shape index (κ2) is 5.94. The Labute approximate surface area is 132 Å². The number of hydrogen-bond acceptors (Lipinski definition) is 2. The molecular formula is C19H26O3. The van der Waals surface area contributed by atoms with Gasteiger partial charge in [-0.3, -0.25) is 4.79 Å². The van der Waals surface area contributed by atoms with Crippen LogP contribution >= 0.6 is 0 Å². The molecule has 3 rings (SSSR count). The summed E-state index contributed by atoms with van der Waals surface area (Å²) in [4.78, 5) is 12.0. The summed E-state index contributed by atoms with van der Waals surface area (Å²) < 4.78 is 6.10. The number of hydrogen-bond donors (Lipinski definition) is 1. The predicted molar refractivity (Wildman–Crippen MR) is 86.5 cm³/mol. The first-order valence-electron chi connectivity index (χ1n) is 8.51. The molecule has 1 aromatic rings. The average molecular weight is 302 g/mol. The van der Waals surface area contributed by atoms with E-state index in [1.807, 2.05) is 6.07 Å². The van der Waals surface area contributed by atoms with Crippen molar-refractivity contribution in [2.45, 2.75) is 64.2 Å². The van der Waals surface area contributed by atoms with Crippen molar-refractivity contribution < 1.29 is 14.6 Å². The molecule has 1 N–H and O–H groups in total. The lowest BCUT2D eigenvalue weighted by Crippen LogP contribution is -2.33. The van der Waals surface area contributed by atoms with Crippen molar-refractivity contribution in [2.24, 2.45) is 5.92 Å². The Morgan fingerprint density at radius 1 is 1.18 bits per heavy atom. The third-order valence-corrected chi connectivity index (χ3v) is 5.68. The van der Waals surface area contributed by atoms with Gasteiger partial charge in [0, 0.05) is 5.56 Å². The van der Waals surface area contributed by atoms with Crippen LogP contribution in [0.25, 0.3) is 0 Å². The van der Waals surface area contributed by atoms with Crippen LogP contribution in [-0.2, 0) is 10.2 Å². The van der Waals surface area contributed by atoms with Gasteiger partial charge < -0.3 is 9.84 Å². The molecule has 0 amide bonds. The second-order valence-electron chi connectivity index (χ2n) is 7.13. The van der Waals surface area contributed by atoms with Gasteiger partial charge in [-0.15, -0.1) is 0 Å². The molecule has 2 aliphatic rings. The number of rotatable bonds is 5. The highest BCUT2D eigenvalue weighted by molar-refractivity contribution is 5.83. The lowest BCUT2D eigenvalue weighted by atomic mass is 9.77. The van der Waals surface area contributed by atoms with E-state index in [0.29, 0.717) is 5.92 Å². The Balaban J connectivity index is 1.96. The highest BCUT2D eigenvalue weighted by Gasteiger charge is 2.45. The van der Waals surface area contributed by atoms with E-state index < -0.39 is 11.4 Å². The molecule has 22 heavy (non-hydrogen) atoms. The molecule has 0 saturated heterocycles. The Hall–Kier alpha value is -1.51. The van der Waals surface area contributed by atoms with Crippen LogP contribution in [-0.4, -0.2) is 17.7 Å². The highest BCUT2D eigenvalue weighted by Crippen LogP contribution is 2.46. The third-order valence-electron chi connectivity index (χ3n) is 5.68. The first-order chi connectivity index (χ1) is 10.5. The van der Waals surface area contributed by atoms with E-state index in [0.717, 1.165) is 49.2 Å². The Morgan fingerprint density at radius 3 is 2.36 bits per heavy atom. The number of aliphatic carboxylic acids is 1. The largest absolute Gasteiger partial charge is 0.493 e. The number of aryl methyl sites for hydroxylation is 2. The molecule has 3 heteroatoms. The van der Waals surface area contributed by atoms with Crippen LogP contribution in [0.3, 0.4) is 0 Å². The summed E-state index contributed by atoms with van der Waals surface area (Å²) in [6.45, 7) is 4.85. The topological polar surface area (TPSA) is 46.5 Å². The number of carboxylic acid groups (broad SMARTS) is 1. The van der Waals surface area contributed by atoms with Gasteiger partial charge in [-0.1, -0.05) is 25.3 Å². The minimum absolute atomic E-state index is 0.652. The molecule has 0 aromatic heterocycles. The van der Waals surface area contributed by atoms with Gasteiger partial charge in [-0.25, -0.2) is 0 Å². The molecule has 2 saturated carbocycles. The minimum Gasteiger partial charge on any atom is -0.493 e. The molecule has 3 nitrogen and oxygen atoms in total. The molecule has 2 fully saturated rings.